The van der Waals surface area contributed by atoms with Gasteiger partial charge in [0.05, 0.1) is 0 Å². The van der Waals surface area contributed by atoms with Crippen LogP contribution in [0.2, 0.25) is 0 Å². The Labute approximate surface area is 393 Å². The van der Waals surface area contributed by atoms with Crippen LogP contribution in [0.3, 0.4) is 0 Å². The molecule has 5 nitrogen and oxygen atoms in total. The summed E-state index contributed by atoms with van der Waals surface area (Å²) in [4.78, 5) is 9.24. The van der Waals surface area contributed by atoms with E-state index in [1.165, 1.54) is 17.7 Å². The van der Waals surface area contributed by atoms with E-state index in [4.69, 9.17) is 9.72 Å². The number of aromatic nitrogens is 2. The molecule has 0 atom stereocenters. The van der Waals surface area contributed by atoms with Crippen LogP contribution < -0.4 is 14.5 Å². The van der Waals surface area contributed by atoms with Gasteiger partial charge in [0.15, 0.2) is 0 Å². The molecule has 0 radical (unpaired) electrons. The molecule has 0 fully saturated rings. The van der Waals surface area contributed by atoms with Gasteiger partial charge in [-0.2, -0.15) is 6.07 Å². The van der Waals surface area contributed by atoms with Gasteiger partial charge in [0, 0.05) is 66.9 Å². The fourth-order valence-corrected chi connectivity index (χ4v) is 8.82. The third kappa shape index (κ3) is 7.79. The molecular formula is C58H42FN4OPt-3. The zero-order valence-corrected chi connectivity index (χ0v) is 38.2. The third-order valence-electron chi connectivity index (χ3n) is 12.0. The molecule has 65 heavy (non-hydrogen) atoms. The van der Waals surface area contributed by atoms with E-state index in [-0.39, 0.29) is 32.3 Å². The van der Waals surface area contributed by atoms with Crippen LogP contribution in [0.5, 0.6) is 11.5 Å². The summed E-state index contributed by atoms with van der Waals surface area (Å²) in [6, 6.07) is 70.5. The number of para-hydroxylation sites is 4. The molecule has 8 aromatic carbocycles. The van der Waals surface area contributed by atoms with Crippen molar-refractivity contribution in [2.24, 2.45) is 0 Å². The van der Waals surface area contributed by atoms with E-state index < -0.39 is 0 Å². The molecule has 0 saturated heterocycles. The van der Waals surface area contributed by atoms with Crippen LogP contribution in [0.4, 0.5) is 27.1 Å². The summed E-state index contributed by atoms with van der Waals surface area (Å²) in [5.41, 5.74) is 13.0. The van der Waals surface area contributed by atoms with Gasteiger partial charge in [-0.25, -0.2) is 9.37 Å². The predicted octanol–water partition coefficient (Wildman–Crippen LogP) is 15.4. The van der Waals surface area contributed by atoms with Crippen molar-refractivity contribution in [2.45, 2.75) is 26.2 Å². The van der Waals surface area contributed by atoms with E-state index >= 15 is 0 Å². The summed E-state index contributed by atoms with van der Waals surface area (Å²) in [6.07, 6.45) is 1.89. The fourth-order valence-electron chi connectivity index (χ4n) is 8.82. The molecule has 2 aromatic heterocycles. The maximum absolute atomic E-state index is 14.1. The minimum absolute atomic E-state index is 0. The van der Waals surface area contributed by atoms with Gasteiger partial charge in [0.1, 0.15) is 11.6 Å². The fraction of sp³-hybridized carbons (Fsp3) is 0.0690. The number of fused-ring (bicyclic) bond motifs is 4. The summed E-state index contributed by atoms with van der Waals surface area (Å²) in [7, 11) is 0. The number of rotatable bonds is 8. The third-order valence-corrected chi connectivity index (χ3v) is 12.0. The van der Waals surface area contributed by atoms with E-state index in [2.05, 4.69) is 193 Å². The average molecular weight is 1030 g/mol. The Morgan fingerprint density at radius 1 is 0.538 bits per heavy atom. The monoisotopic (exact) mass is 1020 g/mol. The Kier molecular flexibility index (Phi) is 10.9. The molecule has 0 amide bonds. The molecule has 0 aliphatic carbocycles. The van der Waals surface area contributed by atoms with Crippen molar-refractivity contribution in [1.82, 2.24) is 9.55 Å². The normalized spacial score (nSPS) is 12.4. The molecule has 0 N–H and O–H groups in total. The molecule has 0 unspecified atom stereocenters. The maximum atomic E-state index is 14.1. The first-order valence-corrected chi connectivity index (χ1v) is 21.5. The summed E-state index contributed by atoms with van der Waals surface area (Å²) in [5, 5.41) is 2.18. The maximum Gasteiger partial charge on any atom is 0.135 e. The van der Waals surface area contributed by atoms with Crippen LogP contribution in [-0.4, -0.2) is 9.55 Å². The average Bonchev–Trinajstić information content (AvgIpc) is 3.88. The molecular weight excluding hydrogens is 983 g/mol. The van der Waals surface area contributed by atoms with Crippen LogP contribution in [0.15, 0.2) is 194 Å². The van der Waals surface area contributed by atoms with Crippen molar-refractivity contribution >= 4 is 44.6 Å². The molecule has 7 heteroatoms. The minimum atomic E-state index is -0.268. The second-order valence-electron chi connectivity index (χ2n) is 17.1. The topological polar surface area (TPSA) is 33.5 Å². The van der Waals surface area contributed by atoms with Gasteiger partial charge in [0.2, 0.25) is 0 Å². The standard InChI is InChI=1S/C58H42FN4O.Pt/c1-58(2,3)42-31-32-60-57(35-42)63-53-22-12-10-20-50(53)51-30-29-45(37-56(51)63)64-46-34-41(48-18-8-7-17-47(48)39-15-5-4-6-16-39)33-44(36-46)61-38-62(55-24-14-13-23-54(55)61)52-21-11-9-19-49(52)40-25-27-43(59)28-26-40;/h4-35,38H,1-3H3;/q-3;. The number of hydrogen-bond acceptors (Lipinski definition) is 4. The van der Waals surface area contributed by atoms with Gasteiger partial charge in [-0.05, 0) is 87.1 Å². The van der Waals surface area contributed by atoms with Gasteiger partial charge in [-0.3, -0.25) is 0 Å². The summed E-state index contributed by atoms with van der Waals surface area (Å²) >= 11 is 0. The van der Waals surface area contributed by atoms with E-state index in [0.29, 0.717) is 11.5 Å². The molecule has 0 bridgehead atoms. The number of halogens is 1. The Bertz CT molecular complexity index is 3360. The van der Waals surface area contributed by atoms with Crippen molar-refractivity contribution in [2.75, 3.05) is 9.80 Å². The Morgan fingerprint density at radius 2 is 1.17 bits per heavy atom. The SMILES string of the molecule is CC(C)(C)c1ccnc(-n2c3[c-]c(Oc4[c-]c(N5[CH-]N(c6ccccc6-c6ccc(F)cc6)c6ccccc65)cc(-c5ccccc5-c5ccccc5)c4)ccc3c3ccccc32)c1.[Pt]. The number of ether oxygens (including phenoxy) is 1. The summed E-state index contributed by atoms with van der Waals surface area (Å²) in [6.45, 7) is 8.76. The van der Waals surface area contributed by atoms with Crippen molar-refractivity contribution in [3.8, 4) is 50.7 Å². The van der Waals surface area contributed by atoms with E-state index in [0.717, 1.165) is 83.8 Å². The van der Waals surface area contributed by atoms with E-state index in [1.54, 1.807) is 0 Å². The molecule has 320 valence electrons. The van der Waals surface area contributed by atoms with Crippen LogP contribution in [0.25, 0.3) is 61.0 Å². The molecule has 1 aliphatic rings. The molecule has 0 saturated carbocycles. The Morgan fingerprint density at radius 3 is 1.92 bits per heavy atom. The molecule has 1 aliphatic heterocycles. The first-order valence-electron chi connectivity index (χ1n) is 21.5. The first kappa shape index (κ1) is 41.7. The van der Waals surface area contributed by atoms with Crippen molar-refractivity contribution in [1.29, 1.82) is 0 Å². The van der Waals surface area contributed by atoms with Gasteiger partial charge >= 0.3 is 0 Å². The van der Waals surface area contributed by atoms with Crippen molar-refractivity contribution in [3.05, 3.63) is 224 Å². The minimum Gasteiger partial charge on any atom is -0.509 e. The number of nitrogens with zero attached hydrogens (tertiary/aromatic N) is 4. The molecule has 10 aromatic rings. The Balaban J connectivity index is 0.00000498. The summed E-state index contributed by atoms with van der Waals surface area (Å²) in [5.74, 6) is 1.65. The quantitative estimate of drug-likeness (QED) is 0.142. The number of benzene rings is 8. The smallest absolute Gasteiger partial charge is 0.135 e. The van der Waals surface area contributed by atoms with Crippen molar-refractivity contribution < 1.29 is 30.2 Å². The van der Waals surface area contributed by atoms with Crippen LogP contribution in [-0.2, 0) is 26.5 Å². The summed E-state index contributed by atoms with van der Waals surface area (Å²) < 4.78 is 23.2. The van der Waals surface area contributed by atoms with Gasteiger partial charge in [0.25, 0.3) is 0 Å². The zero-order chi connectivity index (χ0) is 43.4. The largest absolute Gasteiger partial charge is 0.509 e. The van der Waals surface area contributed by atoms with Crippen LogP contribution in [0, 0.1) is 24.6 Å². The second kappa shape index (κ2) is 17.0. The van der Waals surface area contributed by atoms with Gasteiger partial charge < -0.3 is 19.1 Å². The van der Waals surface area contributed by atoms with E-state index in [9.17, 15) is 4.39 Å². The first-order chi connectivity index (χ1) is 31.3. The van der Waals surface area contributed by atoms with Gasteiger partial charge in [-0.15, -0.1) is 53.6 Å². The number of anilines is 4. The number of pyridine rings is 1. The van der Waals surface area contributed by atoms with Crippen molar-refractivity contribution in [3.63, 3.8) is 0 Å². The zero-order valence-electron chi connectivity index (χ0n) is 35.9. The molecule has 0 spiro atoms. The number of hydrogen-bond donors (Lipinski definition) is 0. The predicted molar refractivity (Wildman–Crippen MR) is 259 cm³/mol. The Hall–Kier alpha value is -7.27. The molecule has 11 rings (SSSR count). The molecule has 3 heterocycles. The van der Waals surface area contributed by atoms with Gasteiger partial charge in [-0.1, -0.05) is 142 Å². The second-order valence-corrected chi connectivity index (χ2v) is 17.1. The van der Waals surface area contributed by atoms with Crippen LogP contribution >= 0.6 is 0 Å². The van der Waals surface area contributed by atoms with E-state index in [1.807, 2.05) is 42.6 Å². The van der Waals surface area contributed by atoms with Crippen LogP contribution in [0.1, 0.15) is 26.3 Å².